The van der Waals surface area contributed by atoms with Gasteiger partial charge in [-0.1, -0.05) is 26.3 Å². The molecule has 1 aliphatic heterocycles. The van der Waals surface area contributed by atoms with E-state index in [2.05, 4.69) is 23.7 Å². The molecule has 7 nitrogen and oxygen atoms in total. The van der Waals surface area contributed by atoms with Crippen LogP contribution in [0.3, 0.4) is 0 Å². The quantitative estimate of drug-likeness (QED) is 0.499. The molecule has 0 unspecified atom stereocenters. The largest absolute Gasteiger partial charge is 0.493 e. The van der Waals surface area contributed by atoms with E-state index in [4.69, 9.17) is 9.47 Å². The number of likely N-dealkylation sites (tertiary alicyclic amines) is 1. The predicted octanol–water partition coefficient (Wildman–Crippen LogP) is 4.08. The second kappa shape index (κ2) is 12.9. The summed E-state index contributed by atoms with van der Waals surface area (Å²) in [7, 11) is 1.62. The molecule has 1 N–H and O–H groups in total. The molecule has 2 aromatic rings. The Bertz CT molecular complexity index is 880. The van der Waals surface area contributed by atoms with Gasteiger partial charge < -0.3 is 24.4 Å². The van der Waals surface area contributed by atoms with Crippen molar-refractivity contribution in [2.24, 2.45) is 5.92 Å². The molecular weight excluding hydrogens is 438 g/mol. The molecule has 0 radical (unpaired) electrons. The van der Waals surface area contributed by atoms with Crippen LogP contribution in [0.15, 0.2) is 23.6 Å². The number of thiazole rings is 1. The molecule has 1 fully saturated rings. The molecular formula is C25H37N3O4S. The smallest absolute Gasteiger partial charge is 0.223 e. The van der Waals surface area contributed by atoms with Crippen molar-refractivity contribution in [3.05, 3.63) is 39.8 Å². The van der Waals surface area contributed by atoms with E-state index >= 15 is 0 Å². The van der Waals surface area contributed by atoms with Crippen molar-refractivity contribution in [1.82, 2.24) is 14.8 Å². The SMILES string of the molecule is COc1ccc(CN(CCN2CCCCC2)C(=O)CC(C)C)cc1OCc1nc(CO)cs1. The van der Waals surface area contributed by atoms with Crippen molar-refractivity contribution >= 4 is 17.2 Å². The third kappa shape index (κ3) is 7.98. The van der Waals surface area contributed by atoms with Crippen molar-refractivity contribution in [3.8, 4) is 11.5 Å². The molecule has 1 aromatic heterocycles. The number of aliphatic hydroxyl groups is 1. The second-order valence-corrected chi connectivity index (χ2v) is 9.92. The Morgan fingerprint density at radius 2 is 2.03 bits per heavy atom. The number of hydrogen-bond donors (Lipinski definition) is 1. The summed E-state index contributed by atoms with van der Waals surface area (Å²) in [4.78, 5) is 21.8. The normalized spacial score (nSPS) is 14.5. The predicted molar refractivity (Wildman–Crippen MR) is 131 cm³/mol. The number of carbonyl (C=O) groups is 1. The number of benzene rings is 1. The first-order valence-electron chi connectivity index (χ1n) is 11.8. The van der Waals surface area contributed by atoms with Gasteiger partial charge in [-0.05, 0) is 49.5 Å². The zero-order valence-electron chi connectivity index (χ0n) is 20.1. The molecule has 1 aromatic carbocycles. The highest BCUT2D eigenvalue weighted by Crippen LogP contribution is 2.30. The lowest BCUT2D eigenvalue weighted by atomic mass is 10.1. The number of piperidine rings is 1. The summed E-state index contributed by atoms with van der Waals surface area (Å²) >= 11 is 1.46. The summed E-state index contributed by atoms with van der Waals surface area (Å²) in [6, 6.07) is 5.84. The molecule has 0 spiro atoms. The average molecular weight is 476 g/mol. The van der Waals surface area contributed by atoms with Gasteiger partial charge >= 0.3 is 0 Å². The van der Waals surface area contributed by atoms with Crippen molar-refractivity contribution in [3.63, 3.8) is 0 Å². The average Bonchev–Trinajstić information content (AvgIpc) is 3.29. The maximum atomic E-state index is 13.0. The number of carbonyl (C=O) groups excluding carboxylic acids is 1. The molecule has 2 heterocycles. The lowest BCUT2D eigenvalue weighted by Gasteiger charge is -2.30. The summed E-state index contributed by atoms with van der Waals surface area (Å²) in [6.07, 6.45) is 4.36. The van der Waals surface area contributed by atoms with Gasteiger partial charge in [-0.2, -0.15) is 0 Å². The Morgan fingerprint density at radius 3 is 2.70 bits per heavy atom. The fourth-order valence-corrected chi connectivity index (χ4v) is 4.69. The Morgan fingerprint density at radius 1 is 1.24 bits per heavy atom. The van der Waals surface area contributed by atoms with E-state index < -0.39 is 0 Å². The lowest BCUT2D eigenvalue weighted by molar-refractivity contribution is -0.132. The van der Waals surface area contributed by atoms with Crippen molar-refractivity contribution in [1.29, 1.82) is 0 Å². The van der Waals surface area contributed by atoms with Crippen LogP contribution >= 0.6 is 11.3 Å². The van der Waals surface area contributed by atoms with Crippen LogP contribution in [0.5, 0.6) is 11.5 Å². The number of amides is 1. The highest BCUT2D eigenvalue weighted by atomic mass is 32.1. The molecule has 1 amide bonds. The van der Waals surface area contributed by atoms with Crippen LogP contribution in [0.25, 0.3) is 0 Å². The summed E-state index contributed by atoms with van der Waals surface area (Å²) in [5.41, 5.74) is 1.66. The van der Waals surface area contributed by atoms with Crippen LogP contribution in [0.4, 0.5) is 0 Å². The van der Waals surface area contributed by atoms with Crippen molar-refractivity contribution in [2.45, 2.75) is 59.3 Å². The molecule has 0 aliphatic carbocycles. The van der Waals surface area contributed by atoms with Crippen LogP contribution in [0.1, 0.15) is 55.8 Å². The zero-order chi connectivity index (χ0) is 23.6. The number of nitrogens with zero attached hydrogens (tertiary/aromatic N) is 3. The molecule has 182 valence electrons. The van der Waals surface area contributed by atoms with Gasteiger partial charge in [0.15, 0.2) is 11.5 Å². The lowest BCUT2D eigenvalue weighted by Crippen LogP contribution is -2.40. The Kier molecular flexibility index (Phi) is 9.96. The summed E-state index contributed by atoms with van der Waals surface area (Å²) in [6.45, 7) is 8.84. The number of methoxy groups -OCH3 is 1. The maximum Gasteiger partial charge on any atom is 0.223 e. The van der Waals surface area contributed by atoms with Gasteiger partial charge in [0.25, 0.3) is 0 Å². The van der Waals surface area contributed by atoms with Gasteiger partial charge in [0.1, 0.15) is 11.6 Å². The number of aromatic nitrogens is 1. The number of rotatable bonds is 12. The van der Waals surface area contributed by atoms with E-state index in [0.717, 1.165) is 36.8 Å². The third-order valence-electron chi connectivity index (χ3n) is 5.78. The molecule has 33 heavy (non-hydrogen) atoms. The minimum atomic E-state index is -0.0764. The Labute approximate surface area is 201 Å². The van der Waals surface area contributed by atoms with Crippen LogP contribution in [0, 0.1) is 5.92 Å². The summed E-state index contributed by atoms with van der Waals surface area (Å²) in [5.74, 6) is 1.79. The first kappa shape index (κ1) is 25.5. The van der Waals surface area contributed by atoms with Gasteiger partial charge in [0, 0.05) is 31.4 Å². The van der Waals surface area contributed by atoms with E-state index in [1.165, 1.54) is 30.6 Å². The van der Waals surface area contributed by atoms with E-state index in [0.29, 0.717) is 42.7 Å². The van der Waals surface area contributed by atoms with Crippen molar-refractivity contribution < 1.29 is 19.4 Å². The molecule has 0 saturated carbocycles. The fraction of sp³-hybridized carbons (Fsp3) is 0.600. The Hall–Kier alpha value is -2.16. The van der Waals surface area contributed by atoms with Gasteiger partial charge in [-0.3, -0.25) is 4.79 Å². The highest BCUT2D eigenvalue weighted by molar-refractivity contribution is 7.09. The fourth-order valence-electron chi connectivity index (χ4n) is 4.00. The van der Waals surface area contributed by atoms with Gasteiger partial charge in [0.2, 0.25) is 5.91 Å². The molecule has 3 rings (SSSR count). The number of ether oxygens (including phenoxy) is 2. The number of aliphatic hydroxyl groups excluding tert-OH is 1. The van der Waals surface area contributed by atoms with E-state index in [1.807, 2.05) is 28.5 Å². The monoisotopic (exact) mass is 475 g/mol. The van der Waals surface area contributed by atoms with Crippen LogP contribution in [-0.4, -0.2) is 59.1 Å². The van der Waals surface area contributed by atoms with Gasteiger partial charge in [-0.25, -0.2) is 4.98 Å². The third-order valence-corrected chi connectivity index (χ3v) is 6.66. The molecule has 1 saturated heterocycles. The second-order valence-electron chi connectivity index (χ2n) is 8.98. The van der Waals surface area contributed by atoms with E-state index in [-0.39, 0.29) is 12.5 Å². The Balaban J connectivity index is 1.68. The van der Waals surface area contributed by atoms with Crippen LogP contribution < -0.4 is 9.47 Å². The molecule has 8 heteroatoms. The minimum Gasteiger partial charge on any atom is -0.493 e. The van der Waals surface area contributed by atoms with E-state index in [1.54, 1.807) is 7.11 Å². The van der Waals surface area contributed by atoms with Gasteiger partial charge in [0.05, 0.1) is 19.4 Å². The maximum absolute atomic E-state index is 13.0. The standard InChI is InChI=1S/C25H37N3O4S/c1-19(2)13-25(30)28(12-11-27-9-5-4-6-10-27)15-20-7-8-22(31-3)23(14-20)32-17-24-26-21(16-29)18-33-24/h7-8,14,18-19,29H,4-6,9-13,15-17H2,1-3H3. The first-order valence-corrected chi connectivity index (χ1v) is 12.7. The van der Waals surface area contributed by atoms with Crippen LogP contribution in [0.2, 0.25) is 0 Å². The summed E-state index contributed by atoms with van der Waals surface area (Å²) in [5, 5.41) is 11.8. The first-order chi connectivity index (χ1) is 16.0. The zero-order valence-corrected chi connectivity index (χ0v) is 20.9. The van der Waals surface area contributed by atoms with Crippen LogP contribution in [-0.2, 0) is 24.6 Å². The van der Waals surface area contributed by atoms with Gasteiger partial charge in [-0.15, -0.1) is 11.3 Å². The highest BCUT2D eigenvalue weighted by Gasteiger charge is 2.19. The minimum absolute atomic E-state index is 0.0764. The molecule has 0 atom stereocenters. The number of hydrogen-bond acceptors (Lipinski definition) is 7. The molecule has 1 aliphatic rings. The topological polar surface area (TPSA) is 75.1 Å². The van der Waals surface area contributed by atoms with Crippen molar-refractivity contribution in [2.75, 3.05) is 33.3 Å². The molecule has 0 bridgehead atoms. The summed E-state index contributed by atoms with van der Waals surface area (Å²) < 4.78 is 11.5. The van der Waals surface area contributed by atoms with E-state index in [9.17, 15) is 9.90 Å².